The second-order valence-electron chi connectivity index (χ2n) is 6.67. The van der Waals surface area contributed by atoms with E-state index >= 15 is 0 Å². The lowest BCUT2D eigenvalue weighted by atomic mass is 9.84. The number of aliphatic imine (C=N–C) groups is 1. The van der Waals surface area contributed by atoms with Crippen molar-refractivity contribution < 1.29 is 4.79 Å². The van der Waals surface area contributed by atoms with Crippen LogP contribution in [0.2, 0.25) is 0 Å². The number of thioether (sulfide) groups is 1. The molecule has 126 valence electrons. The highest BCUT2D eigenvalue weighted by atomic mass is 32.2. The molecule has 0 bridgehead atoms. The molecule has 5 nitrogen and oxygen atoms in total. The molecular formula is C16H30N4OS. The van der Waals surface area contributed by atoms with Gasteiger partial charge in [-0.15, -0.1) is 0 Å². The Kier molecular flexibility index (Phi) is 6.41. The van der Waals surface area contributed by atoms with Gasteiger partial charge in [-0.1, -0.05) is 12.8 Å². The van der Waals surface area contributed by atoms with E-state index in [1.165, 1.54) is 18.6 Å². The summed E-state index contributed by atoms with van der Waals surface area (Å²) in [5, 5.41) is 6.93. The van der Waals surface area contributed by atoms with E-state index in [1.807, 2.05) is 25.9 Å². The van der Waals surface area contributed by atoms with Crippen LogP contribution in [0.1, 0.15) is 38.5 Å². The van der Waals surface area contributed by atoms with Crippen molar-refractivity contribution in [3.63, 3.8) is 0 Å². The predicted octanol–water partition coefficient (Wildman–Crippen LogP) is 1.70. The van der Waals surface area contributed by atoms with E-state index in [0.717, 1.165) is 37.4 Å². The number of carbonyl (C=O) groups is 1. The average Bonchev–Trinajstić information content (AvgIpc) is 3.01. The first kappa shape index (κ1) is 17.4. The van der Waals surface area contributed by atoms with Crippen molar-refractivity contribution in [2.45, 2.75) is 44.6 Å². The first-order valence-electron chi connectivity index (χ1n) is 8.34. The minimum absolute atomic E-state index is 0.248. The maximum absolute atomic E-state index is 12.6. The maximum atomic E-state index is 12.6. The summed E-state index contributed by atoms with van der Waals surface area (Å²) in [5.41, 5.74) is -0.248. The first-order chi connectivity index (χ1) is 10.6. The summed E-state index contributed by atoms with van der Waals surface area (Å²) in [7, 11) is 5.52. The van der Waals surface area contributed by atoms with Gasteiger partial charge in [-0.3, -0.25) is 9.79 Å². The van der Waals surface area contributed by atoms with Crippen LogP contribution in [0.25, 0.3) is 0 Å². The van der Waals surface area contributed by atoms with Gasteiger partial charge in [-0.05, 0) is 31.4 Å². The molecule has 0 aromatic carbocycles. The molecule has 6 heteroatoms. The van der Waals surface area contributed by atoms with Gasteiger partial charge < -0.3 is 15.5 Å². The minimum atomic E-state index is -0.248. The molecule has 1 heterocycles. The molecule has 22 heavy (non-hydrogen) atoms. The third-order valence-corrected chi connectivity index (χ3v) is 5.95. The zero-order chi connectivity index (χ0) is 16.0. The Hall–Kier alpha value is -0.910. The number of hydrogen-bond acceptors (Lipinski definition) is 3. The van der Waals surface area contributed by atoms with E-state index in [0.29, 0.717) is 12.6 Å². The van der Waals surface area contributed by atoms with E-state index < -0.39 is 0 Å². The topological polar surface area (TPSA) is 56.7 Å². The molecule has 2 rings (SSSR count). The summed E-state index contributed by atoms with van der Waals surface area (Å²) in [6.45, 7) is 0.684. The zero-order valence-electron chi connectivity index (χ0n) is 14.2. The summed E-state index contributed by atoms with van der Waals surface area (Å²) in [6.07, 6.45) is 6.72. The van der Waals surface area contributed by atoms with Crippen LogP contribution in [-0.2, 0) is 4.79 Å². The number of nitrogens with one attached hydrogen (secondary N) is 2. The van der Waals surface area contributed by atoms with Gasteiger partial charge in [0.1, 0.15) is 0 Å². The number of rotatable bonds is 4. The van der Waals surface area contributed by atoms with Crippen LogP contribution in [-0.4, -0.2) is 62.0 Å². The minimum Gasteiger partial charge on any atom is -0.355 e. The quantitative estimate of drug-likeness (QED) is 0.610. The Bertz CT molecular complexity index is 399. The summed E-state index contributed by atoms with van der Waals surface area (Å²) >= 11 is 2.00. The lowest BCUT2D eigenvalue weighted by molar-refractivity contribution is -0.138. The molecule has 1 aliphatic heterocycles. The van der Waals surface area contributed by atoms with E-state index in [4.69, 9.17) is 0 Å². The molecule has 2 aliphatic rings. The summed E-state index contributed by atoms with van der Waals surface area (Å²) in [6, 6.07) is 0.494. The van der Waals surface area contributed by atoms with E-state index in [-0.39, 0.29) is 11.3 Å². The van der Waals surface area contributed by atoms with Gasteiger partial charge in [0.15, 0.2) is 5.96 Å². The van der Waals surface area contributed by atoms with Gasteiger partial charge in [-0.2, -0.15) is 11.8 Å². The second-order valence-corrected chi connectivity index (χ2v) is 7.82. The molecule has 1 saturated carbocycles. The van der Waals surface area contributed by atoms with Gasteiger partial charge in [0.25, 0.3) is 0 Å². The van der Waals surface area contributed by atoms with Crippen LogP contribution in [0.4, 0.5) is 0 Å². The molecule has 0 spiro atoms. The number of guanidine groups is 1. The molecule has 1 amide bonds. The number of nitrogens with zero attached hydrogens (tertiary/aromatic N) is 2. The fraction of sp³-hybridized carbons (Fsp3) is 0.875. The molecule has 0 radical (unpaired) electrons. The highest BCUT2D eigenvalue weighted by Gasteiger charge is 2.42. The Morgan fingerprint density at radius 1 is 1.32 bits per heavy atom. The van der Waals surface area contributed by atoms with Crippen molar-refractivity contribution in [2.75, 3.05) is 39.2 Å². The van der Waals surface area contributed by atoms with Gasteiger partial charge in [0.2, 0.25) is 5.91 Å². The van der Waals surface area contributed by atoms with Crippen molar-refractivity contribution >= 4 is 23.6 Å². The first-order valence-corrected chi connectivity index (χ1v) is 9.49. The summed E-state index contributed by atoms with van der Waals surface area (Å²) in [5.74, 6) is 3.50. The van der Waals surface area contributed by atoms with Crippen molar-refractivity contribution in [1.29, 1.82) is 0 Å². The van der Waals surface area contributed by atoms with Gasteiger partial charge >= 0.3 is 0 Å². The van der Waals surface area contributed by atoms with Crippen molar-refractivity contribution in [3.8, 4) is 0 Å². The van der Waals surface area contributed by atoms with E-state index in [1.54, 1.807) is 11.9 Å². The zero-order valence-corrected chi connectivity index (χ0v) is 15.0. The highest BCUT2D eigenvalue weighted by Crippen LogP contribution is 2.38. The highest BCUT2D eigenvalue weighted by molar-refractivity contribution is 7.99. The van der Waals surface area contributed by atoms with Crippen molar-refractivity contribution in [2.24, 2.45) is 10.4 Å². The normalized spacial score (nSPS) is 24.9. The van der Waals surface area contributed by atoms with Gasteiger partial charge in [-0.25, -0.2) is 0 Å². The number of amides is 1. The molecule has 2 N–H and O–H groups in total. The van der Waals surface area contributed by atoms with Gasteiger partial charge in [0.05, 0.1) is 5.41 Å². The largest absolute Gasteiger partial charge is 0.355 e. The van der Waals surface area contributed by atoms with E-state index in [9.17, 15) is 4.79 Å². The Morgan fingerprint density at radius 3 is 2.59 bits per heavy atom. The Balaban J connectivity index is 1.91. The maximum Gasteiger partial charge on any atom is 0.230 e. The molecule has 0 aromatic rings. The molecule has 2 fully saturated rings. The fourth-order valence-electron chi connectivity index (χ4n) is 3.49. The average molecular weight is 327 g/mol. The van der Waals surface area contributed by atoms with Crippen LogP contribution >= 0.6 is 11.8 Å². The third kappa shape index (κ3) is 4.31. The van der Waals surface area contributed by atoms with Crippen LogP contribution in [0.3, 0.4) is 0 Å². The number of hydrogen-bond donors (Lipinski definition) is 2. The molecule has 1 atom stereocenters. The molecular weight excluding hydrogens is 296 g/mol. The van der Waals surface area contributed by atoms with Crippen LogP contribution in [0.5, 0.6) is 0 Å². The fourth-order valence-corrected chi connectivity index (χ4v) is 4.56. The molecule has 1 saturated heterocycles. The lowest BCUT2D eigenvalue weighted by Gasteiger charge is -2.32. The summed E-state index contributed by atoms with van der Waals surface area (Å²) in [4.78, 5) is 18.7. The SMILES string of the molecule is CN=C(NCC1(C(=O)N(C)C)CCCC1)NC1CCCSC1. The monoisotopic (exact) mass is 326 g/mol. The van der Waals surface area contributed by atoms with Crippen LogP contribution in [0, 0.1) is 5.41 Å². The lowest BCUT2D eigenvalue weighted by Crippen LogP contribution is -2.51. The Labute approximate surface area is 138 Å². The molecule has 1 aliphatic carbocycles. The smallest absolute Gasteiger partial charge is 0.230 e. The molecule has 0 aromatic heterocycles. The third-order valence-electron chi connectivity index (χ3n) is 4.74. The Morgan fingerprint density at radius 2 is 2.05 bits per heavy atom. The van der Waals surface area contributed by atoms with Crippen molar-refractivity contribution in [1.82, 2.24) is 15.5 Å². The van der Waals surface area contributed by atoms with Crippen LogP contribution < -0.4 is 10.6 Å². The number of carbonyl (C=O) groups excluding carboxylic acids is 1. The second kappa shape index (κ2) is 8.09. The van der Waals surface area contributed by atoms with Crippen LogP contribution in [0.15, 0.2) is 4.99 Å². The van der Waals surface area contributed by atoms with E-state index in [2.05, 4.69) is 15.6 Å². The standard InChI is InChI=1S/C16H30N4OS/c1-17-15(19-13-7-6-10-22-11-13)18-12-16(8-4-5-9-16)14(21)20(2)3/h13H,4-12H2,1-3H3,(H2,17,18,19). The predicted molar refractivity (Wildman–Crippen MR) is 94.4 cm³/mol. The summed E-state index contributed by atoms with van der Waals surface area (Å²) < 4.78 is 0. The van der Waals surface area contributed by atoms with Gasteiger partial charge in [0, 0.05) is 39.5 Å². The van der Waals surface area contributed by atoms with Crippen molar-refractivity contribution in [3.05, 3.63) is 0 Å². The molecule has 1 unspecified atom stereocenters.